The van der Waals surface area contributed by atoms with Crippen molar-refractivity contribution in [3.8, 4) is 11.1 Å². The number of anilines is 1. The molecule has 1 fully saturated rings. The quantitative estimate of drug-likeness (QED) is 0.310. The molecule has 0 saturated carbocycles. The summed E-state index contributed by atoms with van der Waals surface area (Å²) in [5.74, 6) is 0.143. The van der Waals surface area contributed by atoms with Crippen LogP contribution in [0, 0.1) is 0 Å². The molecule has 39 heavy (non-hydrogen) atoms. The van der Waals surface area contributed by atoms with E-state index < -0.39 is 0 Å². The molecule has 4 aromatic rings. The van der Waals surface area contributed by atoms with Crippen molar-refractivity contribution in [2.45, 2.75) is 19.4 Å². The van der Waals surface area contributed by atoms with E-state index in [1.165, 1.54) is 0 Å². The molecular weight excluding hydrogens is 484 g/mol. The Kier molecular flexibility index (Phi) is 8.44. The van der Waals surface area contributed by atoms with Crippen LogP contribution in [0.5, 0.6) is 0 Å². The number of carbonyl (C=O) groups is 2. The van der Waals surface area contributed by atoms with Gasteiger partial charge in [-0.1, -0.05) is 72.8 Å². The number of hydrogen-bond acceptors (Lipinski definition) is 5. The summed E-state index contributed by atoms with van der Waals surface area (Å²) in [6, 6.07) is 29.6. The number of hydrogen-bond donors (Lipinski definition) is 1. The Hall–Kier alpha value is -4.29. The fourth-order valence-corrected chi connectivity index (χ4v) is 5.28. The van der Waals surface area contributed by atoms with Crippen molar-refractivity contribution in [2.75, 3.05) is 37.6 Å². The van der Waals surface area contributed by atoms with Crippen molar-refractivity contribution in [3.63, 3.8) is 0 Å². The minimum Gasteiger partial charge on any atom is -0.369 e. The van der Waals surface area contributed by atoms with Crippen LogP contribution in [0.2, 0.25) is 0 Å². The first-order valence-electron chi connectivity index (χ1n) is 13.6. The van der Waals surface area contributed by atoms with Gasteiger partial charge in [0, 0.05) is 68.4 Å². The van der Waals surface area contributed by atoms with Crippen molar-refractivity contribution in [2.24, 2.45) is 0 Å². The number of piperazine rings is 1. The Morgan fingerprint density at radius 3 is 2.26 bits per heavy atom. The van der Waals surface area contributed by atoms with Gasteiger partial charge in [0.25, 0.3) is 0 Å². The SMILES string of the molecule is CCNC(=O)C(c1ccccc1)N1CCN(c2ccc(CC(=O)c3ccccc3-c3cccnc3)cc2)CC1. The molecule has 1 aliphatic heterocycles. The minimum atomic E-state index is -0.281. The van der Waals surface area contributed by atoms with Crippen molar-refractivity contribution in [3.05, 3.63) is 120 Å². The number of carbonyl (C=O) groups excluding carboxylic acids is 2. The molecule has 198 valence electrons. The Morgan fingerprint density at radius 2 is 1.56 bits per heavy atom. The second-order valence-corrected chi connectivity index (χ2v) is 9.78. The summed E-state index contributed by atoms with van der Waals surface area (Å²) in [4.78, 5) is 35.0. The fraction of sp³-hybridized carbons (Fsp3) is 0.242. The lowest BCUT2D eigenvalue weighted by atomic mass is 9.95. The Balaban J connectivity index is 1.23. The number of likely N-dealkylation sites (N-methyl/N-ethyl adjacent to an activating group) is 1. The summed E-state index contributed by atoms with van der Waals surface area (Å²) in [7, 11) is 0. The molecule has 1 amide bonds. The van der Waals surface area contributed by atoms with Crippen LogP contribution in [-0.4, -0.2) is 54.3 Å². The van der Waals surface area contributed by atoms with Gasteiger partial charge in [-0.25, -0.2) is 0 Å². The Morgan fingerprint density at radius 1 is 0.846 bits per heavy atom. The summed E-state index contributed by atoms with van der Waals surface area (Å²) >= 11 is 0. The van der Waals surface area contributed by atoms with E-state index in [2.05, 4.69) is 32.2 Å². The molecule has 1 saturated heterocycles. The molecule has 6 nitrogen and oxygen atoms in total. The summed E-state index contributed by atoms with van der Waals surface area (Å²) < 4.78 is 0. The smallest absolute Gasteiger partial charge is 0.241 e. The van der Waals surface area contributed by atoms with Crippen LogP contribution in [0.4, 0.5) is 5.69 Å². The normalized spacial score (nSPS) is 14.5. The van der Waals surface area contributed by atoms with Crippen LogP contribution in [-0.2, 0) is 11.2 Å². The first-order chi connectivity index (χ1) is 19.1. The van der Waals surface area contributed by atoms with E-state index in [0.29, 0.717) is 18.5 Å². The number of Topliss-reactive ketones (excluding diaryl/α,β-unsaturated/α-hetero) is 1. The Bertz CT molecular complexity index is 1380. The standard InChI is InChI=1S/C33H34N4O2/c1-2-35-33(39)32(26-9-4-3-5-10-26)37-21-19-36(20-22-37)28-16-14-25(15-17-28)23-31(38)30-13-7-6-12-29(30)27-11-8-18-34-24-27/h3-18,24,32H,2,19-23H2,1H3,(H,35,39). The van der Waals surface area contributed by atoms with Crippen LogP contribution in [0.3, 0.4) is 0 Å². The van der Waals surface area contributed by atoms with Crippen molar-refractivity contribution in [1.29, 1.82) is 0 Å². The highest BCUT2D eigenvalue weighted by Crippen LogP contribution is 2.27. The van der Waals surface area contributed by atoms with Crippen LogP contribution in [0.25, 0.3) is 11.1 Å². The van der Waals surface area contributed by atoms with Gasteiger partial charge in [-0.05, 0) is 41.8 Å². The minimum absolute atomic E-state index is 0.0521. The van der Waals surface area contributed by atoms with E-state index >= 15 is 0 Å². The largest absolute Gasteiger partial charge is 0.369 e. The number of aromatic nitrogens is 1. The average molecular weight is 519 g/mol. The zero-order chi connectivity index (χ0) is 27.0. The van der Waals surface area contributed by atoms with Crippen LogP contribution >= 0.6 is 0 Å². The zero-order valence-corrected chi connectivity index (χ0v) is 22.3. The van der Waals surface area contributed by atoms with Crippen LogP contribution in [0.15, 0.2) is 103 Å². The predicted molar refractivity (Wildman–Crippen MR) is 156 cm³/mol. The highest BCUT2D eigenvalue weighted by atomic mass is 16.2. The number of nitrogens with one attached hydrogen (secondary N) is 1. The molecule has 6 heteroatoms. The zero-order valence-electron chi connectivity index (χ0n) is 22.3. The molecule has 1 aliphatic rings. The van der Waals surface area contributed by atoms with E-state index in [1.807, 2.05) is 85.8 Å². The van der Waals surface area contributed by atoms with Crippen molar-refractivity contribution < 1.29 is 9.59 Å². The topological polar surface area (TPSA) is 65.5 Å². The molecule has 1 unspecified atom stereocenters. The Labute approximate surface area is 230 Å². The van der Waals surface area contributed by atoms with Crippen molar-refractivity contribution >= 4 is 17.4 Å². The molecule has 1 aromatic heterocycles. The molecular formula is C33H34N4O2. The van der Waals surface area contributed by atoms with Gasteiger partial charge >= 0.3 is 0 Å². The van der Waals surface area contributed by atoms with Gasteiger partial charge in [0.2, 0.25) is 5.91 Å². The lowest BCUT2D eigenvalue weighted by Crippen LogP contribution is -2.51. The third-order valence-corrected chi connectivity index (χ3v) is 7.26. The molecule has 5 rings (SSSR count). The van der Waals surface area contributed by atoms with E-state index in [4.69, 9.17) is 0 Å². The molecule has 0 aliphatic carbocycles. The van der Waals surface area contributed by atoms with E-state index in [0.717, 1.165) is 54.1 Å². The average Bonchev–Trinajstić information content (AvgIpc) is 2.99. The first-order valence-corrected chi connectivity index (χ1v) is 13.6. The fourth-order valence-electron chi connectivity index (χ4n) is 5.28. The summed E-state index contributed by atoms with van der Waals surface area (Å²) in [6.45, 7) is 5.82. The number of benzene rings is 3. The van der Waals surface area contributed by atoms with Crippen LogP contribution < -0.4 is 10.2 Å². The molecule has 1 N–H and O–H groups in total. The maximum absolute atomic E-state index is 13.2. The molecule has 2 heterocycles. The summed E-state index contributed by atoms with van der Waals surface area (Å²) in [5.41, 5.74) is 5.71. The summed E-state index contributed by atoms with van der Waals surface area (Å²) in [6.07, 6.45) is 3.87. The van der Waals surface area contributed by atoms with E-state index in [9.17, 15) is 9.59 Å². The second-order valence-electron chi connectivity index (χ2n) is 9.78. The maximum Gasteiger partial charge on any atom is 0.241 e. The molecule has 0 spiro atoms. The van der Waals surface area contributed by atoms with E-state index in [1.54, 1.807) is 12.4 Å². The van der Waals surface area contributed by atoms with Gasteiger partial charge in [-0.3, -0.25) is 19.5 Å². The summed E-state index contributed by atoms with van der Waals surface area (Å²) in [5, 5.41) is 3.01. The number of amides is 1. The monoisotopic (exact) mass is 518 g/mol. The lowest BCUT2D eigenvalue weighted by Gasteiger charge is -2.39. The number of rotatable bonds is 9. The molecule has 0 radical (unpaired) electrons. The molecule has 0 bridgehead atoms. The highest BCUT2D eigenvalue weighted by molar-refractivity contribution is 6.03. The van der Waals surface area contributed by atoms with Crippen molar-refractivity contribution in [1.82, 2.24) is 15.2 Å². The van der Waals surface area contributed by atoms with Gasteiger partial charge in [-0.2, -0.15) is 0 Å². The number of nitrogens with zero attached hydrogens (tertiary/aromatic N) is 3. The van der Waals surface area contributed by atoms with Gasteiger partial charge in [0.1, 0.15) is 6.04 Å². The second kappa shape index (κ2) is 12.5. The highest BCUT2D eigenvalue weighted by Gasteiger charge is 2.30. The third-order valence-electron chi connectivity index (χ3n) is 7.26. The molecule has 3 aromatic carbocycles. The van der Waals surface area contributed by atoms with E-state index in [-0.39, 0.29) is 17.7 Å². The van der Waals surface area contributed by atoms with Gasteiger partial charge < -0.3 is 10.2 Å². The maximum atomic E-state index is 13.2. The van der Waals surface area contributed by atoms with Gasteiger partial charge in [0.05, 0.1) is 0 Å². The van der Waals surface area contributed by atoms with Gasteiger partial charge in [0.15, 0.2) is 5.78 Å². The first kappa shape index (κ1) is 26.3. The number of ketones is 1. The molecule has 1 atom stereocenters. The van der Waals surface area contributed by atoms with Crippen LogP contribution in [0.1, 0.15) is 34.5 Å². The third kappa shape index (κ3) is 6.24. The van der Waals surface area contributed by atoms with Gasteiger partial charge in [-0.15, -0.1) is 0 Å². The lowest BCUT2D eigenvalue weighted by molar-refractivity contribution is -0.126. The number of pyridine rings is 1. The predicted octanol–water partition coefficient (Wildman–Crippen LogP) is 5.17.